The van der Waals surface area contributed by atoms with Gasteiger partial charge in [-0.3, -0.25) is 0 Å². The van der Waals surface area contributed by atoms with Crippen molar-refractivity contribution in [1.82, 2.24) is 0 Å². The summed E-state index contributed by atoms with van der Waals surface area (Å²) in [5.74, 6) is 1.64. The van der Waals surface area contributed by atoms with Crippen LogP contribution in [-0.4, -0.2) is 19.0 Å². The average molecular weight is 216 g/mol. The first-order valence-electron chi connectivity index (χ1n) is 5.87. The normalized spacial score (nSPS) is 21.4. The number of thiol groups is 1. The van der Waals surface area contributed by atoms with E-state index >= 15 is 0 Å². The molecule has 0 spiro atoms. The number of rotatable bonds is 5. The molecule has 1 saturated carbocycles. The van der Waals surface area contributed by atoms with Gasteiger partial charge in [0.25, 0.3) is 0 Å². The highest BCUT2D eigenvalue weighted by atomic mass is 32.1. The summed E-state index contributed by atoms with van der Waals surface area (Å²) in [4.78, 5) is 0. The Labute approximate surface area is 94.0 Å². The summed E-state index contributed by atoms with van der Waals surface area (Å²) < 4.78 is 5.78. The van der Waals surface area contributed by atoms with Crippen molar-refractivity contribution < 1.29 is 4.74 Å². The van der Waals surface area contributed by atoms with Crippen molar-refractivity contribution in [2.45, 2.75) is 46.0 Å². The van der Waals surface area contributed by atoms with Crippen molar-refractivity contribution in [1.29, 1.82) is 0 Å². The van der Waals surface area contributed by atoms with Gasteiger partial charge in [0.15, 0.2) is 0 Å². The van der Waals surface area contributed by atoms with E-state index in [1.165, 1.54) is 32.1 Å². The maximum absolute atomic E-state index is 5.78. The lowest BCUT2D eigenvalue weighted by atomic mass is 9.76. The van der Waals surface area contributed by atoms with Crippen LogP contribution in [0.1, 0.15) is 46.0 Å². The summed E-state index contributed by atoms with van der Waals surface area (Å²) in [7, 11) is 0. The van der Waals surface area contributed by atoms with E-state index in [1.807, 2.05) is 0 Å². The summed E-state index contributed by atoms with van der Waals surface area (Å²) in [5, 5.41) is 0. The molecule has 1 aliphatic carbocycles. The van der Waals surface area contributed by atoms with Crippen LogP contribution in [0.3, 0.4) is 0 Å². The molecule has 0 radical (unpaired) electrons. The van der Waals surface area contributed by atoms with Crippen LogP contribution in [-0.2, 0) is 4.74 Å². The molecule has 14 heavy (non-hydrogen) atoms. The van der Waals surface area contributed by atoms with E-state index < -0.39 is 0 Å². The summed E-state index contributed by atoms with van der Waals surface area (Å²) in [6.07, 6.45) is 6.76. The summed E-state index contributed by atoms with van der Waals surface area (Å²) in [5.41, 5.74) is 0.399. The van der Waals surface area contributed by atoms with Gasteiger partial charge in [0.1, 0.15) is 0 Å². The second-order valence-electron chi connectivity index (χ2n) is 5.13. The molecule has 0 saturated heterocycles. The highest BCUT2D eigenvalue weighted by Gasteiger charge is 2.30. The SMILES string of the molecule is CC(C)COCC1(CS)CCCCC1. The van der Waals surface area contributed by atoms with Gasteiger partial charge in [0, 0.05) is 12.0 Å². The van der Waals surface area contributed by atoms with Gasteiger partial charge in [0.05, 0.1) is 6.61 Å². The Kier molecular flexibility index (Phi) is 5.32. The van der Waals surface area contributed by atoms with Crippen LogP contribution in [0.2, 0.25) is 0 Å². The minimum Gasteiger partial charge on any atom is -0.381 e. The molecule has 0 heterocycles. The lowest BCUT2D eigenvalue weighted by molar-refractivity contribution is 0.0223. The molecule has 0 aliphatic heterocycles. The molecule has 1 nitrogen and oxygen atoms in total. The number of hydrogen-bond donors (Lipinski definition) is 1. The third kappa shape index (κ3) is 3.82. The van der Waals surface area contributed by atoms with Gasteiger partial charge in [-0.05, 0) is 24.5 Å². The molecule has 1 fully saturated rings. The largest absolute Gasteiger partial charge is 0.381 e. The Balaban J connectivity index is 2.29. The average Bonchev–Trinajstić information content (AvgIpc) is 2.19. The molecular formula is C12H24OS. The zero-order valence-corrected chi connectivity index (χ0v) is 10.5. The van der Waals surface area contributed by atoms with Crippen LogP contribution in [0.5, 0.6) is 0 Å². The predicted octanol–water partition coefficient (Wildman–Crippen LogP) is 3.54. The monoisotopic (exact) mass is 216 g/mol. The summed E-state index contributed by atoms with van der Waals surface area (Å²) in [6, 6.07) is 0. The fourth-order valence-electron chi connectivity index (χ4n) is 2.16. The van der Waals surface area contributed by atoms with Crippen LogP contribution in [0, 0.1) is 11.3 Å². The molecule has 0 N–H and O–H groups in total. The quantitative estimate of drug-likeness (QED) is 0.692. The van der Waals surface area contributed by atoms with Crippen molar-refractivity contribution in [3.63, 3.8) is 0 Å². The first kappa shape index (κ1) is 12.4. The smallest absolute Gasteiger partial charge is 0.0530 e. The summed E-state index contributed by atoms with van der Waals surface area (Å²) in [6.45, 7) is 6.23. The van der Waals surface area contributed by atoms with Crippen LogP contribution >= 0.6 is 12.6 Å². The molecule has 0 bridgehead atoms. The molecule has 0 atom stereocenters. The van der Waals surface area contributed by atoms with Gasteiger partial charge in [-0.25, -0.2) is 0 Å². The molecule has 0 amide bonds. The first-order valence-corrected chi connectivity index (χ1v) is 6.50. The van der Waals surface area contributed by atoms with Gasteiger partial charge in [-0.15, -0.1) is 0 Å². The maximum Gasteiger partial charge on any atom is 0.0530 e. The van der Waals surface area contributed by atoms with Crippen molar-refractivity contribution in [3.8, 4) is 0 Å². The first-order chi connectivity index (χ1) is 6.68. The third-order valence-corrected chi connectivity index (χ3v) is 3.78. The molecule has 0 aromatic heterocycles. The molecule has 1 rings (SSSR count). The van der Waals surface area contributed by atoms with Gasteiger partial charge >= 0.3 is 0 Å². The van der Waals surface area contributed by atoms with E-state index in [1.54, 1.807) is 0 Å². The van der Waals surface area contributed by atoms with Crippen molar-refractivity contribution in [2.75, 3.05) is 19.0 Å². The van der Waals surface area contributed by atoms with Crippen LogP contribution < -0.4 is 0 Å². The topological polar surface area (TPSA) is 9.23 Å². The third-order valence-electron chi connectivity index (χ3n) is 3.11. The van der Waals surface area contributed by atoms with Crippen molar-refractivity contribution in [2.24, 2.45) is 11.3 Å². The van der Waals surface area contributed by atoms with Gasteiger partial charge in [-0.1, -0.05) is 33.1 Å². The highest BCUT2D eigenvalue weighted by Crippen LogP contribution is 2.37. The molecule has 0 aromatic carbocycles. The Morgan fingerprint density at radius 2 is 1.86 bits per heavy atom. The predicted molar refractivity (Wildman–Crippen MR) is 65.0 cm³/mol. The molecule has 2 heteroatoms. The standard InChI is InChI=1S/C12H24OS/c1-11(2)8-13-9-12(10-14)6-4-3-5-7-12/h11,14H,3-10H2,1-2H3. The molecule has 0 unspecified atom stereocenters. The van der Waals surface area contributed by atoms with Gasteiger partial charge in [-0.2, -0.15) is 12.6 Å². The molecule has 0 aromatic rings. The Morgan fingerprint density at radius 1 is 1.21 bits per heavy atom. The lowest BCUT2D eigenvalue weighted by Gasteiger charge is -2.35. The fourth-order valence-corrected chi connectivity index (χ4v) is 2.57. The Morgan fingerprint density at radius 3 is 2.36 bits per heavy atom. The lowest BCUT2D eigenvalue weighted by Crippen LogP contribution is -2.32. The second-order valence-corrected chi connectivity index (χ2v) is 5.44. The zero-order chi connectivity index (χ0) is 10.4. The zero-order valence-electron chi connectivity index (χ0n) is 9.59. The molecular weight excluding hydrogens is 192 g/mol. The van der Waals surface area contributed by atoms with E-state index in [-0.39, 0.29) is 0 Å². The minimum atomic E-state index is 0.399. The van der Waals surface area contributed by atoms with Crippen LogP contribution in [0.25, 0.3) is 0 Å². The van der Waals surface area contributed by atoms with Crippen LogP contribution in [0.15, 0.2) is 0 Å². The van der Waals surface area contributed by atoms with Gasteiger partial charge < -0.3 is 4.74 Å². The second kappa shape index (κ2) is 6.02. The fraction of sp³-hybridized carbons (Fsp3) is 1.00. The molecule has 1 aliphatic rings. The van der Waals surface area contributed by atoms with E-state index in [0.717, 1.165) is 19.0 Å². The highest BCUT2D eigenvalue weighted by molar-refractivity contribution is 7.80. The Bertz CT molecular complexity index is 150. The van der Waals surface area contributed by atoms with E-state index in [2.05, 4.69) is 26.5 Å². The van der Waals surface area contributed by atoms with Crippen molar-refractivity contribution in [3.05, 3.63) is 0 Å². The number of ether oxygens (including phenoxy) is 1. The molecule has 84 valence electrons. The Hall–Kier alpha value is 0.310. The summed E-state index contributed by atoms with van der Waals surface area (Å²) >= 11 is 4.49. The van der Waals surface area contributed by atoms with Crippen LogP contribution in [0.4, 0.5) is 0 Å². The van der Waals surface area contributed by atoms with Gasteiger partial charge in [0.2, 0.25) is 0 Å². The van der Waals surface area contributed by atoms with E-state index in [0.29, 0.717) is 11.3 Å². The number of hydrogen-bond acceptors (Lipinski definition) is 2. The van der Waals surface area contributed by atoms with Crippen molar-refractivity contribution >= 4 is 12.6 Å². The minimum absolute atomic E-state index is 0.399. The van der Waals surface area contributed by atoms with E-state index in [4.69, 9.17) is 4.74 Å². The maximum atomic E-state index is 5.78. The van der Waals surface area contributed by atoms with E-state index in [9.17, 15) is 0 Å².